The fourth-order valence-corrected chi connectivity index (χ4v) is 0.869. The number of carbonyl (C=O) groups is 2. The maximum atomic E-state index is 11.5. The molecule has 0 aliphatic rings. The van der Waals surface area contributed by atoms with E-state index in [1.807, 2.05) is 0 Å². The average molecular weight is 220 g/mol. The van der Waals surface area contributed by atoms with Gasteiger partial charge in [0.2, 0.25) is 0 Å². The van der Waals surface area contributed by atoms with Crippen LogP contribution in [0.4, 0.5) is 4.79 Å². The Labute approximate surface area is 87.9 Å². The van der Waals surface area contributed by atoms with Crippen LogP contribution in [0.25, 0.3) is 0 Å². The lowest BCUT2D eigenvalue weighted by Gasteiger charge is -2.21. The first-order valence-corrected chi connectivity index (χ1v) is 4.41. The summed E-state index contributed by atoms with van der Waals surface area (Å²) in [6, 6.07) is -0.951. The number of hydrogen-bond donors (Lipinski definition) is 2. The molecule has 88 valence electrons. The lowest BCUT2D eigenvalue weighted by Crippen LogP contribution is -2.49. The van der Waals surface area contributed by atoms with Gasteiger partial charge in [0, 0.05) is 13.7 Å². The van der Waals surface area contributed by atoms with Crippen molar-refractivity contribution in [2.24, 2.45) is 0 Å². The summed E-state index contributed by atoms with van der Waals surface area (Å²) in [5.74, 6) is -0.506. The van der Waals surface area contributed by atoms with Crippen LogP contribution in [0.15, 0.2) is 0 Å². The van der Waals surface area contributed by atoms with Gasteiger partial charge >= 0.3 is 6.09 Å². The molecule has 0 aromatic carbocycles. The molecule has 0 saturated carbocycles. The maximum absolute atomic E-state index is 11.5. The van der Waals surface area contributed by atoms with Crippen LogP contribution >= 0.6 is 0 Å². The van der Waals surface area contributed by atoms with Gasteiger partial charge in [-0.05, 0) is 6.92 Å². The Bertz CT molecular complexity index is 221. The first-order valence-electron chi connectivity index (χ1n) is 4.41. The van der Waals surface area contributed by atoms with Gasteiger partial charge in [0.15, 0.2) is 0 Å². The Morgan fingerprint density at radius 1 is 1.53 bits per heavy atom. The first-order chi connectivity index (χ1) is 7.02. The lowest BCUT2D eigenvalue weighted by molar-refractivity contribution is -0.172. The topological polar surface area (TPSA) is 88.1 Å². The predicted octanol–water partition coefficient (Wildman–Crippen LogP) is -0.321. The number of amides is 2. The van der Waals surface area contributed by atoms with Gasteiger partial charge in [0.05, 0.1) is 13.7 Å². The summed E-state index contributed by atoms with van der Waals surface area (Å²) in [5, 5.41) is 11.5. The van der Waals surface area contributed by atoms with Gasteiger partial charge in [-0.25, -0.2) is 9.86 Å². The minimum absolute atomic E-state index is 0.0185. The highest BCUT2D eigenvalue weighted by molar-refractivity contribution is 5.84. The highest BCUT2D eigenvalue weighted by Crippen LogP contribution is 1.94. The van der Waals surface area contributed by atoms with Crippen LogP contribution in [0.3, 0.4) is 0 Å². The van der Waals surface area contributed by atoms with Crippen LogP contribution in [-0.4, -0.2) is 55.6 Å². The molecule has 1 unspecified atom stereocenters. The monoisotopic (exact) mass is 220 g/mol. The molecule has 0 aromatic heterocycles. The van der Waals surface area contributed by atoms with Gasteiger partial charge in [-0.1, -0.05) is 0 Å². The van der Waals surface area contributed by atoms with Crippen molar-refractivity contribution in [1.29, 1.82) is 0 Å². The van der Waals surface area contributed by atoms with Crippen molar-refractivity contribution < 1.29 is 24.3 Å². The second kappa shape index (κ2) is 7.02. The van der Waals surface area contributed by atoms with E-state index in [1.165, 1.54) is 14.2 Å². The number of rotatable bonds is 6. The zero-order valence-corrected chi connectivity index (χ0v) is 9.02. The van der Waals surface area contributed by atoms with Gasteiger partial charge in [-0.15, -0.1) is 0 Å². The Morgan fingerprint density at radius 3 is 2.53 bits per heavy atom. The van der Waals surface area contributed by atoms with Gasteiger partial charge in [-0.3, -0.25) is 9.63 Å². The van der Waals surface area contributed by atoms with Gasteiger partial charge < -0.3 is 15.2 Å². The van der Waals surface area contributed by atoms with E-state index in [0.29, 0.717) is 6.61 Å². The normalized spacial score (nSPS) is 11.9. The number of hydroxylamine groups is 2. The smallest absolute Gasteiger partial charge is 0.405 e. The highest BCUT2D eigenvalue weighted by Gasteiger charge is 2.24. The minimum Gasteiger partial charge on any atom is -0.465 e. The standard InChI is InChI=1S/C8H16N2O5/c1-4-15-5-6(9-8(12)13)7(11)10(2)14-3/h6,9H,4-5H2,1-3H3,(H,12,13). The Kier molecular flexibility index (Phi) is 6.39. The molecule has 0 fully saturated rings. The van der Waals surface area contributed by atoms with Crippen LogP contribution < -0.4 is 5.32 Å². The molecular formula is C8H16N2O5. The number of hydrogen-bond acceptors (Lipinski definition) is 4. The number of nitrogens with one attached hydrogen (secondary N) is 1. The zero-order valence-electron chi connectivity index (χ0n) is 9.02. The summed E-state index contributed by atoms with van der Waals surface area (Å²) in [6.07, 6.45) is -1.28. The molecule has 0 aliphatic carbocycles. The third-order valence-electron chi connectivity index (χ3n) is 1.67. The molecule has 0 saturated heterocycles. The first kappa shape index (κ1) is 13.7. The molecule has 0 rings (SSSR count). The summed E-state index contributed by atoms with van der Waals surface area (Å²) in [5.41, 5.74) is 0. The molecule has 7 heteroatoms. The fraction of sp³-hybridized carbons (Fsp3) is 0.750. The number of carbonyl (C=O) groups excluding carboxylic acids is 1. The van der Waals surface area contributed by atoms with Crippen molar-refractivity contribution in [2.75, 3.05) is 27.4 Å². The zero-order chi connectivity index (χ0) is 11.8. The van der Waals surface area contributed by atoms with Crippen LogP contribution in [0.5, 0.6) is 0 Å². The SMILES string of the molecule is CCOCC(NC(=O)O)C(=O)N(C)OC. The van der Waals surface area contributed by atoms with E-state index in [2.05, 4.69) is 10.2 Å². The quantitative estimate of drug-likeness (QED) is 0.599. The molecule has 0 radical (unpaired) electrons. The summed E-state index contributed by atoms with van der Waals surface area (Å²) >= 11 is 0. The van der Waals surface area contributed by atoms with Crippen molar-refractivity contribution in [1.82, 2.24) is 10.4 Å². The van der Waals surface area contributed by atoms with Crippen molar-refractivity contribution in [3.05, 3.63) is 0 Å². The molecule has 0 bridgehead atoms. The van der Waals surface area contributed by atoms with E-state index < -0.39 is 18.0 Å². The summed E-state index contributed by atoms with van der Waals surface area (Å²) < 4.78 is 4.98. The second-order valence-corrected chi connectivity index (χ2v) is 2.68. The van der Waals surface area contributed by atoms with E-state index >= 15 is 0 Å². The summed E-state index contributed by atoms with van der Waals surface area (Å²) in [7, 11) is 2.71. The van der Waals surface area contributed by atoms with E-state index in [4.69, 9.17) is 9.84 Å². The van der Waals surface area contributed by atoms with Gasteiger partial charge in [0.25, 0.3) is 5.91 Å². The van der Waals surface area contributed by atoms with Crippen molar-refractivity contribution in [3.8, 4) is 0 Å². The minimum atomic E-state index is -1.28. The van der Waals surface area contributed by atoms with E-state index in [9.17, 15) is 9.59 Å². The Balaban J connectivity index is 4.32. The van der Waals surface area contributed by atoms with Gasteiger partial charge in [0.1, 0.15) is 6.04 Å². The Hall–Kier alpha value is -1.34. The van der Waals surface area contributed by atoms with Crippen molar-refractivity contribution in [2.45, 2.75) is 13.0 Å². The Morgan fingerprint density at radius 2 is 2.13 bits per heavy atom. The number of likely N-dealkylation sites (N-methyl/N-ethyl adjacent to an activating group) is 1. The molecule has 15 heavy (non-hydrogen) atoms. The second-order valence-electron chi connectivity index (χ2n) is 2.68. The number of ether oxygens (including phenoxy) is 1. The third-order valence-corrected chi connectivity index (χ3v) is 1.67. The lowest BCUT2D eigenvalue weighted by atomic mass is 10.3. The molecular weight excluding hydrogens is 204 g/mol. The van der Waals surface area contributed by atoms with E-state index in [-0.39, 0.29) is 6.61 Å². The summed E-state index contributed by atoms with van der Waals surface area (Å²) in [6.45, 7) is 2.14. The fourth-order valence-electron chi connectivity index (χ4n) is 0.869. The van der Waals surface area contributed by atoms with Crippen LogP contribution in [0.1, 0.15) is 6.92 Å². The van der Waals surface area contributed by atoms with E-state index in [0.717, 1.165) is 5.06 Å². The largest absolute Gasteiger partial charge is 0.465 e. The van der Waals surface area contributed by atoms with Gasteiger partial charge in [-0.2, -0.15) is 0 Å². The molecule has 2 N–H and O–H groups in total. The third kappa shape index (κ3) is 5.18. The van der Waals surface area contributed by atoms with Crippen molar-refractivity contribution in [3.63, 3.8) is 0 Å². The van der Waals surface area contributed by atoms with Crippen LogP contribution in [-0.2, 0) is 14.4 Å². The van der Waals surface area contributed by atoms with Crippen LogP contribution in [0.2, 0.25) is 0 Å². The van der Waals surface area contributed by atoms with Crippen molar-refractivity contribution >= 4 is 12.0 Å². The van der Waals surface area contributed by atoms with E-state index in [1.54, 1.807) is 6.92 Å². The molecule has 1 atom stereocenters. The molecule has 2 amide bonds. The molecule has 0 aromatic rings. The number of carboxylic acid groups (broad SMARTS) is 1. The number of nitrogens with zero attached hydrogens (tertiary/aromatic N) is 1. The molecule has 7 nitrogen and oxygen atoms in total. The maximum Gasteiger partial charge on any atom is 0.405 e. The molecule has 0 aliphatic heterocycles. The molecule has 0 spiro atoms. The summed E-state index contributed by atoms with van der Waals surface area (Å²) in [4.78, 5) is 26.6. The predicted molar refractivity (Wildman–Crippen MR) is 51.2 cm³/mol. The average Bonchev–Trinajstić information content (AvgIpc) is 2.21. The highest BCUT2D eigenvalue weighted by atomic mass is 16.7. The van der Waals surface area contributed by atoms with Crippen LogP contribution in [0, 0.1) is 0 Å². The molecule has 0 heterocycles.